The fraction of sp³-hybridized carbons (Fsp3) is 0.650. The van der Waals surface area contributed by atoms with Gasteiger partial charge in [-0.05, 0) is 43.4 Å². The van der Waals surface area contributed by atoms with Crippen molar-refractivity contribution in [3.8, 4) is 0 Å². The molecule has 0 heterocycles. The Morgan fingerprint density at radius 2 is 1.73 bits per heavy atom. The molecule has 2 saturated carbocycles. The van der Waals surface area contributed by atoms with Gasteiger partial charge in [-0.1, -0.05) is 50.7 Å². The van der Waals surface area contributed by atoms with Crippen LogP contribution in [-0.4, -0.2) is 25.1 Å². The maximum atomic E-state index is 12.7. The van der Waals surface area contributed by atoms with Crippen molar-refractivity contribution >= 4 is 21.4 Å². The minimum absolute atomic E-state index is 0.0369. The normalized spacial score (nSPS) is 21.3. The Hall–Kier alpha value is -1.40. The molecule has 6 heteroatoms. The molecule has 2 aliphatic carbocycles. The van der Waals surface area contributed by atoms with Crippen LogP contribution in [0.3, 0.4) is 0 Å². The molecule has 0 aliphatic heterocycles. The largest absolute Gasteiger partial charge is 0.324 e. The summed E-state index contributed by atoms with van der Waals surface area (Å²) in [5.74, 6) is -0.126. The van der Waals surface area contributed by atoms with E-state index in [-0.39, 0.29) is 16.9 Å². The fourth-order valence-electron chi connectivity index (χ4n) is 4.18. The van der Waals surface area contributed by atoms with Gasteiger partial charge in [0.05, 0.1) is 16.5 Å². The monoisotopic (exact) mass is 378 g/mol. The number of amides is 1. The summed E-state index contributed by atoms with van der Waals surface area (Å²) in [5, 5.41) is 2.68. The van der Waals surface area contributed by atoms with Crippen LogP contribution >= 0.6 is 0 Å². The molecule has 3 N–H and O–H groups in total. The molecule has 0 bridgehead atoms. The van der Waals surface area contributed by atoms with Crippen LogP contribution in [-0.2, 0) is 20.4 Å². The summed E-state index contributed by atoms with van der Waals surface area (Å²) in [6, 6.07) is 7.17. The molecule has 2 fully saturated rings. The minimum Gasteiger partial charge on any atom is -0.324 e. The van der Waals surface area contributed by atoms with Crippen LogP contribution in [0.25, 0.3) is 0 Å². The van der Waals surface area contributed by atoms with Crippen molar-refractivity contribution in [3.63, 3.8) is 0 Å². The van der Waals surface area contributed by atoms with Gasteiger partial charge in [0.25, 0.3) is 0 Å². The Bertz CT molecular complexity index is 733. The molecule has 1 amide bonds. The Morgan fingerprint density at radius 1 is 1.08 bits per heavy atom. The van der Waals surface area contributed by atoms with Gasteiger partial charge in [0.1, 0.15) is 0 Å². The zero-order valence-corrected chi connectivity index (χ0v) is 16.2. The zero-order valence-electron chi connectivity index (χ0n) is 15.4. The van der Waals surface area contributed by atoms with E-state index in [1.165, 1.54) is 0 Å². The summed E-state index contributed by atoms with van der Waals surface area (Å²) < 4.78 is 25.4. The van der Waals surface area contributed by atoms with Crippen LogP contribution in [0.15, 0.2) is 24.3 Å². The lowest BCUT2D eigenvalue weighted by molar-refractivity contribution is -0.122. The average molecular weight is 379 g/mol. The van der Waals surface area contributed by atoms with E-state index in [1.807, 2.05) is 6.07 Å². The lowest BCUT2D eigenvalue weighted by atomic mass is 9.82. The summed E-state index contributed by atoms with van der Waals surface area (Å²) in [4.78, 5) is 12.6. The smallest absolute Gasteiger partial charge is 0.244 e. The van der Waals surface area contributed by atoms with Crippen LogP contribution in [0.5, 0.6) is 0 Å². The van der Waals surface area contributed by atoms with Gasteiger partial charge < -0.3 is 11.1 Å². The molecule has 5 nitrogen and oxygen atoms in total. The van der Waals surface area contributed by atoms with Crippen molar-refractivity contribution in [3.05, 3.63) is 29.8 Å². The van der Waals surface area contributed by atoms with Gasteiger partial charge in [0.2, 0.25) is 5.91 Å². The molecular weight excluding hydrogens is 348 g/mol. The van der Waals surface area contributed by atoms with Crippen molar-refractivity contribution in [2.24, 2.45) is 5.73 Å². The van der Waals surface area contributed by atoms with E-state index in [0.29, 0.717) is 18.5 Å². The molecule has 0 atom stereocenters. The van der Waals surface area contributed by atoms with Crippen LogP contribution in [0.4, 0.5) is 5.69 Å². The van der Waals surface area contributed by atoms with Crippen molar-refractivity contribution in [1.82, 2.24) is 0 Å². The quantitative estimate of drug-likeness (QED) is 0.820. The Kier molecular flexibility index (Phi) is 6.03. The first-order valence-corrected chi connectivity index (χ1v) is 11.5. The van der Waals surface area contributed by atoms with Crippen molar-refractivity contribution < 1.29 is 13.2 Å². The SMILES string of the molecule is NC1(C(=O)Nc2cccc(CS(=O)(=O)C3CCCCC3)c2)CCCCC1. The number of benzene rings is 1. The number of nitrogens with one attached hydrogen (secondary N) is 1. The van der Waals surface area contributed by atoms with Gasteiger partial charge in [0.15, 0.2) is 9.84 Å². The number of carbonyl (C=O) groups is 1. The van der Waals surface area contributed by atoms with E-state index >= 15 is 0 Å². The number of anilines is 1. The van der Waals surface area contributed by atoms with Crippen molar-refractivity contribution in [2.75, 3.05) is 5.32 Å². The van der Waals surface area contributed by atoms with E-state index < -0.39 is 15.4 Å². The maximum absolute atomic E-state index is 12.7. The van der Waals surface area contributed by atoms with E-state index in [1.54, 1.807) is 18.2 Å². The maximum Gasteiger partial charge on any atom is 0.244 e. The van der Waals surface area contributed by atoms with Crippen LogP contribution in [0, 0.1) is 0 Å². The first-order chi connectivity index (χ1) is 12.4. The molecular formula is C20H30N2O3S. The second-order valence-electron chi connectivity index (χ2n) is 7.94. The Labute approximate surface area is 156 Å². The molecule has 1 aromatic rings. The van der Waals surface area contributed by atoms with Crippen LogP contribution in [0.1, 0.15) is 69.8 Å². The summed E-state index contributed by atoms with van der Waals surface area (Å²) in [5.41, 5.74) is 6.83. The highest BCUT2D eigenvalue weighted by Crippen LogP contribution is 2.29. The molecule has 0 aromatic heterocycles. The predicted octanol–water partition coefficient (Wildman–Crippen LogP) is 3.53. The van der Waals surface area contributed by atoms with Gasteiger partial charge in [0, 0.05) is 5.69 Å². The molecule has 3 rings (SSSR count). The molecule has 26 heavy (non-hydrogen) atoms. The van der Waals surface area contributed by atoms with Crippen LogP contribution in [0.2, 0.25) is 0 Å². The highest BCUT2D eigenvalue weighted by molar-refractivity contribution is 7.91. The van der Waals surface area contributed by atoms with Gasteiger partial charge in [-0.25, -0.2) is 8.42 Å². The second-order valence-corrected chi connectivity index (χ2v) is 10.2. The number of rotatable bonds is 5. The first-order valence-electron chi connectivity index (χ1n) is 9.80. The van der Waals surface area contributed by atoms with E-state index in [9.17, 15) is 13.2 Å². The summed E-state index contributed by atoms with van der Waals surface area (Å²) in [6.45, 7) is 0. The second kappa shape index (κ2) is 8.09. The lowest BCUT2D eigenvalue weighted by Gasteiger charge is -2.31. The molecule has 2 aliphatic rings. The molecule has 0 spiro atoms. The minimum atomic E-state index is -3.15. The Morgan fingerprint density at radius 3 is 2.42 bits per heavy atom. The Balaban J connectivity index is 1.67. The highest BCUT2D eigenvalue weighted by atomic mass is 32.2. The van der Waals surface area contributed by atoms with E-state index in [2.05, 4.69) is 5.32 Å². The van der Waals surface area contributed by atoms with Crippen LogP contribution < -0.4 is 11.1 Å². The number of carbonyl (C=O) groups excluding carboxylic acids is 1. The number of nitrogens with two attached hydrogens (primary N) is 1. The first kappa shape index (κ1) is 19.4. The lowest BCUT2D eigenvalue weighted by Crippen LogP contribution is -2.52. The third kappa shape index (κ3) is 4.65. The predicted molar refractivity (Wildman–Crippen MR) is 105 cm³/mol. The van der Waals surface area contributed by atoms with E-state index in [4.69, 9.17) is 5.73 Å². The van der Waals surface area contributed by atoms with Gasteiger partial charge in [-0.15, -0.1) is 0 Å². The highest BCUT2D eigenvalue weighted by Gasteiger charge is 2.35. The van der Waals surface area contributed by atoms with E-state index in [0.717, 1.165) is 56.9 Å². The number of sulfone groups is 1. The number of hydrogen-bond donors (Lipinski definition) is 2. The zero-order chi connectivity index (χ0) is 18.6. The molecule has 144 valence electrons. The van der Waals surface area contributed by atoms with Gasteiger partial charge >= 0.3 is 0 Å². The third-order valence-electron chi connectivity index (χ3n) is 5.81. The molecule has 0 saturated heterocycles. The summed E-state index contributed by atoms with van der Waals surface area (Å²) in [6.07, 6.45) is 9.16. The molecule has 0 unspecified atom stereocenters. The summed E-state index contributed by atoms with van der Waals surface area (Å²) in [7, 11) is -3.15. The standard InChI is InChI=1S/C20H30N2O3S/c21-20(12-5-2-6-13-20)19(23)22-17-9-7-8-16(14-17)15-26(24,25)18-10-3-1-4-11-18/h7-9,14,18H,1-6,10-13,15,21H2,(H,22,23). The fourth-order valence-corrected chi connectivity index (χ4v) is 6.11. The van der Waals surface area contributed by atoms with Crippen molar-refractivity contribution in [1.29, 1.82) is 0 Å². The van der Waals surface area contributed by atoms with Crippen molar-refractivity contribution in [2.45, 2.75) is 80.7 Å². The molecule has 0 radical (unpaired) electrons. The number of hydrogen-bond acceptors (Lipinski definition) is 4. The topological polar surface area (TPSA) is 89.3 Å². The van der Waals surface area contributed by atoms with Gasteiger partial charge in [-0.3, -0.25) is 4.79 Å². The molecule has 1 aromatic carbocycles. The summed E-state index contributed by atoms with van der Waals surface area (Å²) >= 11 is 0. The van der Waals surface area contributed by atoms with Gasteiger partial charge in [-0.2, -0.15) is 0 Å². The third-order valence-corrected chi connectivity index (χ3v) is 8.03. The average Bonchev–Trinajstić information content (AvgIpc) is 2.63.